The molecule has 23 heavy (non-hydrogen) atoms. The first-order chi connectivity index (χ1) is 11.3. The maximum atomic E-state index is 11.6. The highest BCUT2D eigenvalue weighted by Crippen LogP contribution is 2.09. The standard InChI is InChI=1S/C19H21NO3/c21-15-17-10-12-18(13-11-17)20-19(22)23-14-6-2-5-9-16-7-3-1-4-8-16/h1,3-4,7-8,10-13,15H,2,5-6,9,14H2,(H,20,22). The molecule has 2 aromatic carbocycles. The fourth-order valence-electron chi connectivity index (χ4n) is 2.22. The first-order valence-electron chi connectivity index (χ1n) is 7.81. The van der Waals surface area contributed by atoms with E-state index in [0.29, 0.717) is 17.9 Å². The highest BCUT2D eigenvalue weighted by molar-refractivity contribution is 5.85. The van der Waals surface area contributed by atoms with Gasteiger partial charge in [-0.3, -0.25) is 10.1 Å². The van der Waals surface area contributed by atoms with Crippen LogP contribution in [0.1, 0.15) is 35.2 Å². The van der Waals surface area contributed by atoms with E-state index in [2.05, 4.69) is 17.4 Å². The normalized spacial score (nSPS) is 10.1. The highest BCUT2D eigenvalue weighted by Gasteiger charge is 2.03. The summed E-state index contributed by atoms with van der Waals surface area (Å²) in [5, 5.41) is 2.63. The van der Waals surface area contributed by atoms with Crippen LogP contribution in [0, 0.1) is 0 Å². The van der Waals surface area contributed by atoms with E-state index in [9.17, 15) is 9.59 Å². The summed E-state index contributed by atoms with van der Waals surface area (Å²) in [5.74, 6) is 0. The summed E-state index contributed by atoms with van der Waals surface area (Å²) in [4.78, 5) is 22.2. The molecule has 0 aliphatic rings. The minimum Gasteiger partial charge on any atom is -0.449 e. The third-order valence-corrected chi connectivity index (χ3v) is 3.48. The lowest BCUT2D eigenvalue weighted by atomic mass is 10.1. The molecule has 2 aromatic rings. The van der Waals surface area contributed by atoms with E-state index in [-0.39, 0.29) is 0 Å². The molecule has 4 heteroatoms. The van der Waals surface area contributed by atoms with Gasteiger partial charge in [0.25, 0.3) is 0 Å². The zero-order valence-electron chi connectivity index (χ0n) is 13.0. The summed E-state index contributed by atoms with van der Waals surface area (Å²) in [7, 11) is 0. The van der Waals surface area contributed by atoms with Crippen LogP contribution in [0.3, 0.4) is 0 Å². The number of nitrogens with one attached hydrogen (secondary N) is 1. The zero-order valence-corrected chi connectivity index (χ0v) is 13.0. The van der Waals surface area contributed by atoms with Crippen LogP contribution in [0.25, 0.3) is 0 Å². The number of aryl methyl sites for hydroxylation is 1. The minimum atomic E-state index is -0.466. The summed E-state index contributed by atoms with van der Waals surface area (Å²) in [6, 6.07) is 17.0. The van der Waals surface area contributed by atoms with Gasteiger partial charge in [0.2, 0.25) is 0 Å². The number of ether oxygens (including phenoxy) is 1. The topological polar surface area (TPSA) is 55.4 Å². The molecule has 4 nitrogen and oxygen atoms in total. The fourth-order valence-corrected chi connectivity index (χ4v) is 2.22. The van der Waals surface area contributed by atoms with Crippen molar-refractivity contribution in [3.05, 3.63) is 65.7 Å². The van der Waals surface area contributed by atoms with Crippen molar-refractivity contribution in [2.45, 2.75) is 25.7 Å². The molecule has 0 aliphatic carbocycles. The van der Waals surface area contributed by atoms with Crippen molar-refractivity contribution in [3.8, 4) is 0 Å². The molecule has 0 bridgehead atoms. The molecule has 0 atom stereocenters. The van der Waals surface area contributed by atoms with Gasteiger partial charge in [0, 0.05) is 11.3 Å². The largest absolute Gasteiger partial charge is 0.449 e. The molecule has 0 heterocycles. The van der Waals surface area contributed by atoms with Crippen molar-refractivity contribution in [2.24, 2.45) is 0 Å². The molecule has 0 fully saturated rings. The van der Waals surface area contributed by atoms with Gasteiger partial charge in [0.1, 0.15) is 6.29 Å². The predicted octanol–water partition coefficient (Wildman–Crippen LogP) is 4.46. The summed E-state index contributed by atoms with van der Waals surface area (Å²) in [6.07, 6.45) is 4.31. The second kappa shape index (κ2) is 9.41. The van der Waals surface area contributed by atoms with E-state index in [0.717, 1.165) is 32.0 Å². The van der Waals surface area contributed by atoms with Gasteiger partial charge in [0.15, 0.2) is 0 Å². The van der Waals surface area contributed by atoms with Crippen LogP contribution in [0.5, 0.6) is 0 Å². The van der Waals surface area contributed by atoms with Crippen LogP contribution in [0.4, 0.5) is 10.5 Å². The van der Waals surface area contributed by atoms with Crippen LogP contribution in [-0.2, 0) is 11.2 Å². The van der Waals surface area contributed by atoms with E-state index in [1.54, 1.807) is 24.3 Å². The van der Waals surface area contributed by atoms with Crippen molar-refractivity contribution < 1.29 is 14.3 Å². The molecule has 1 amide bonds. The molecule has 0 unspecified atom stereocenters. The molecular weight excluding hydrogens is 290 g/mol. The molecule has 1 N–H and O–H groups in total. The number of aldehydes is 1. The Morgan fingerprint density at radius 2 is 1.70 bits per heavy atom. The van der Waals surface area contributed by atoms with Gasteiger partial charge >= 0.3 is 6.09 Å². The van der Waals surface area contributed by atoms with Gasteiger partial charge < -0.3 is 4.74 Å². The number of carbonyl (C=O) groups excluding carboxylic acids is 2. The number of hydrogen-bond acceptors (Lipinski definition) is 3. The second-order valence-corrected chi connectivity index (χ2v) is 5.30. The number of unbranched alkanes of at least 4 members (excludes halogenated alkanes) is 2. The second-order valence-electron chi connectivity index (χ2n) is 5.30. The van der Waals surface area contributed by atoms with Crippen molar-refractivity contribution >= 4 is 18.1 Å². The van der Waals surface area contributed by atoms with E-state index in [1.807, 2.05) is 18.2 Å². The van der Waals surface area contributed by atoms with E-state index >= 15 is 0 Å². The number of hydrogen-bond donors (Lipinski definition) is 1. The highest BCUT2D eigenvalue weighted by atomic mass is 16.5. The van der Waals surface area contributed by atoms with Crippen LogP contribution < -0.4 is 5.32 Å². The van der Waals surface area contributed by atoms with E-state index in [1.165, 1.54) is 5.56 Å². The van der Waals surface area contributed by atoms with Gasteiger partial charge in [0.05, 0.1) is 6.61 Å². The Morgan fingerprint density at radius 3 is 2.39 bits per heavy atom. The lowest BCUT2D eigenvalue weighted by Crippen LogP contribution is -2.14. The molecule has 0 aliphatic heterocycles. The Morgan fingerprint density at radius 1 is 0.957 bits per heavy atom. The quantitative estimate of drug-likeness (QED) is 0.578. The number of carbonyl (C=O) groups is 2. The Hall–Kier alpha value is -2.62. The third kappa shape index (κ3) is 6.34. The first kappa shape index (κ1) is 16.7. The smallest absolute Gasteiger partial charge is 0.411 e. The average Bonchev–Trinajstić information content (AvgIpc) is 2.59. The number of benzene rings is 2. The van der Waals surface area contributed by atoms with Crippen molar-refractivity contribution in [3.63, 3.8) is 0 Å². The summed E-state index contributed by atoms with van der Waals surface area (Å²) in [6.45, 7) is 0.410. The van der Waals surface area contributed by atoms with Crippen LogP contribution in [0.2, 0.25) is 0 Å². The lowest BCUT2D eigenvalue weighted by molar-refractivity contribution is 0.112. The Bertz CT molecular complexity index is 608. The minimum absolute atomic E-state index is 0.410. The summed E-state index contributed by atoms with van der Waals surface area (Å²) >= 11 is 0. The molecule has 0 saturated carbocycles. The Balaban J connectivity index is 1.56. The Labute approximate surface area is 136 Å². The molecule has 0 saturated heterocycles. The fraction of sp³-hybridized carbons (Fsp3) is 0.263. The van der Waals surface area contributed by atoms with Crippen LogP contribution >= 0.6 is 0 Å². The number of anilines is 1. The Kier molecular flexibility index (Phi) is 6.85. The molecule has 0 spiro atoms. The van der Waals surface area contributed by atoms with E-state index in [4.69, 9.17) is 4.74 Å². The molecule has 0 aromatic heterocycles. The monoisotopic (exact) mass is 311 g/mol. The van der Waals surface area contributed by atoms with Gasteiger partial charge in [-0.05, 0) is 55.5 Å². The summed E-state index contributed by atoms with van der Waals surface area (Å²) < 4.78 is 5.14. The van der Waals surface area contributed by atoms with Gasteiger partial charge in [-0.15, -0.1) is 0 Å². The first-order valence-corrected chi connectivity index (χ1v) is 7.81. The summed E-state index contributed by atoms with van der Waals surface area (Å²) in [5.41, 5.74) is 2.52. The van der Waals surface area contributed by atoms with Crippen molar-refractivity contribution in [2.75, 3.05) is 11.9 Å². The lowest BCUT2D eigenvalue weighted by Gasteiger charge is -2.07. The molecular formula is C19H21NO3. The van der Waals surface area contributed by atoms with Crippen LogP contribution in [-0.4, -0.2) is 19.0 Å². The van der Waals surface area contributed by atoms with Crippen molar-refractivity contribution in [1.29, 1.82) is 0 Å². The van der Waals surface area contributed by atoms with Crippen molar-refractivity contribution in [1.82, 2.24) is 0 Å². The van der Waals surface area contributed by atoms with Gasteiger partial charge in [-0.25, -0.2) is 4.79 Å². The number of amides is 1. The molecule has 0 radical (unpaired) electrons. The average molecular weight is 311 g/mol. The van der Waals surface area contributed by atoms with Gasteiger partial charge in [-0.2, -0.15) is 0 Å². The third-order valence-electron chi connectivity index (χ3n) is 3.48. The maximum absolute atomic E-state index is 11.6. The SMILES string of the molecule is O=Cc1ccc(NC(=O)OCCCCCc2ccccc2)cc1. The zero-order chi connectivity index (χ0) is 16.3. The maximum Gasteiger partial charge on any atom is 0.411 e. The predicted molar refractivity (Wildman–Crippen MR) is 90.8 cm³/mol. The molecule has 2 rings (SSSR count). The van der Waals surface area contributed by atoms with Crippen LogP contribution in [0.15, 0.2) is 54.6 Å². The molecule has 120 valence electrons. The number of rotatable bonds is 8. The van der Waals surface area contributed by atoms with E-state index < -0.39 is 6.09 Å². The van der Waals surface area contributed by atoms with Gasteiger partial charge in [-0.1, -0.05) is 30.3 Å².